The van der Waals surface area contributed by atoms with Crippen LogP contribution in [-0.4, -0.2) is 17.7 Å². The van der Waals surface area contributed by atoms with Gasteiger partial charge in [-0.2, -0.15) is 0 Å². The summed E-state index contributed by atoms with van der Waals surface area (Å²) < 4.78 is 5.13. The Morgan fingerprint density at radius 3 is 2.44 bits per heavy atom. The van der Waals surface area contributed by atoms with Crippen molar-refractivity contribution in [2.45, 2.75) is 27.2 Å². The number of carbonyl (C=O) groups excluding carboxylic acids is 1. The van der Waals surface area contributed by atoms with Crippen LogP contribution in [0, 0.1) is 0 Å². The van der Waals surface area contributed by atoms with Gasteiger partial charge in [-0.1, -0.05) is 12.5 Å². The highest BCUT2D eigenvalue weighted by molar-refractivity contribution is 9.18. The fourth-order valence-corrected chi connectivity index (χ4v) is 1.40. The Morgan fingerprint density at radius 1 is 1.50 bits per heavy atom. The van der Waals surface area contributed by atoms with Crippen LogP contribution in [0.5, 0.6) is 0 Å². The molecule has 0 amide bonds. The van der Waals surface area contributed by atoms with Gasteiger partial charge in [0.15, 0.2) is 5.70 Å². The lowest BCUT2D eigenvalue weighted by Crippen LogP contribution is -2.10. The Hall–Kier alpha value is -1.10. The smallest absolute Gasteiger partial charge is 0.358 e. The van der Waals surface area contributed by atoms with Crippen molar-refractivity contribution in [2.75, 3.05) is 7.11 Å². The second kappa shape index (κ2) is 7.22. The van der Waals surface area contributed by atoms with E-state index in [1.54, 1.807) is 6.92 Å². The zero-order chi connectivity index (χ0) is 12.7. The van der Waals surface area contributed by atoms with Crippen LogP contribution in [0.15, 0.2) is 28.0 Å². The lowest BCUT2D eigenvalue weighted by molar-refractivity contribution is -0.136. The molecule has 0 unspecified atom stereocenters. The van der Waals surface area contributed by atoms with Crippen molar-refractivity contribution in [1.29, 1.82) is 0 Å². The normalized spacial score (nSPS) is 14.6. The van der Waals surface area contributed by atoms with Gasteiger partial charge in [-0.15, -0.1) is 0 Å². The van der Waals surface area contributed by atoms with Crippen LogP contribution in [0.1, 0.15) is 27.2 Å². The summed E-state index contributed by atoms with van der Waals surface area (Å²) in [6, 6.07) is 0. The van der Waals surface area contributed by atoms with E-state index in [0.29, 0.717) is 10.3 Å². The average Bonchev–Trinajstić information content (AvgIpc) is 2.24. The topological polar surface area (TPSA) is 64.7 Å². The molecule has 0 radical (unpaired) electrons. The van der Waals surface area contributed by atoms with E-state index in [2.05, 4.69) is 25.7 Å². The maximum atomic E-state index is 11.3. The lowest BCUT2D eigenvalue weighted by Gasteiger charge is -2.02. The summed E-state index contributed by atoms with van der Waals surface area (Å²) in [6.07, 6.45) is 2.76. The van der Waals surface area contributed by atoms with Gasteiger partial charge in [-0.3, -0.25) is 0 Å². The zero-order valence-electron chi connectivity index (χ0n) is 10.0. The predicted octanol–water partition coefficient (Wildman–Crippen LogP) is 2.50. The number of ether oxygens (including phenoxy) is 1. The van der Waals surface area contributed by atoms with Crippen LogP contribution >= 0.6 is 15.9 Å². The molecule has 16 heavy (non-hydrogen) atoms. The van der Waals surface area contributed by atoms with Gasteiger partial charge in [-0.05, 0) is 42.3 Å². The van der Waals surface area contributed by atoms with E-state index in [1.165, 1.54) is 7.11 Å². The number of nitrogens with zero attached hydrogens (tertiary/aromatic N) is 1. The Balaban J connectivity index is 5.11. The van der Waals surface area contributed by atoms with Crippen molar-refractivity contribution in [3.63, 3.8) is 0 Å². The van der Waals surface area contributed by atoms with Gasteiger partial charge in [-0.25, -0.2) is 9.79 Å². The van der Waals surface area contributed by atoms with E-state index in [4.69, 9.17) is 5.73 Å². The Morgan fingerprint density at radius 2 is 2.06 bits per heavy atom. The third kappa shape index (κ3) is 5.11. The first-order valence-corrected chi connectivity index (χ1v) is 5.67. The number of esters is 1. The van der Waals surface area contributed by atoms with Crippen molar-refractivity contribution in [1.82, 2.24) is 0 Å². The molecule has 0 aromatic heterocycles. The standard InChI is InChI=1S/C11H17BrN2O2/c1-5-7(2)6-9(12)14-10(8(3)13)11(15)16-4/h6H,5,13H2,1-4H3/b7-6?,10-8+,14-9?. The van der Waals surface area contributed by atoms with E-state index < -0.39 is 5.97 Å². The fourth-order valence-electron chi connectivity index (χ4n) is 0.836. The fraction of sp³-hybridized carbons (Fsp3) is 0.455. The highest BCUT2D eigenvalue weighted by Crippen LogP contribution is 2.09. The molecule has 90 valence electrons. The first-order valence-electron chi connectivity index (χ1n) is 4.88. The van der Waals surface area contributed by atoms with Crippen LogP contribution in [-0.2, 0) is 9.53 Å². The van der Waals surface area contributed by atoms with Gasteiger partial charge < -0.3 is 10.5 Å². The van der Waals surface area contributed by atoms with E-state index in [1.807, 2.05) is 19.9 Å². The molecule has 0 aliphatic rings. The summed E-state index contributed by atoms with van der Waals surface area (Å²) in [6.45, 7) is 5.62. The molecule has 5 heteroatoms. The molecule has 0 rings (SSSR count). The minimum absolute atomic E-state index is 0.120. The van der Waals surface area contributed by atoms with Crippen molar-refractivity contribution in [3.8, 4) is 0 Å². The molecule has 4 nitrogen and oxygen atoms in total. The molecule has 0 saturated carbocycles. The predicted molar refractivity (Wildman–Crippen MR) is 69.3 cm³/mol. The van der Waals surface area contributed by atoms with E-state index >= 15 is 0 Å². The summed E-state index contributed by atoms with van der Waals surface area (Å²) in [5, 5.41) is 0. The third-order valence-corrected chi connectivity index (χ3v) is 2.30. The molecule has 0 bridgehead atoms. The number of aliphatic imine (C=N–C) groups is 1. The number of hydrogen-bond donors (Lipinski definition) is 1. The Kier molecular flexibility index (Phi) is 6.72. The summed E-state index contributed by atoms with van der Waals surface area (Å²) in [5.74, 6) is -0.542. The van der Waals surface area contributed by atoms with Crippen LogP contribution < -0.4 is 5.73 Å². The van der Waals surface area contributed by atoms with E-state index in [9.17, 15) is 4.79 Å². The van der Waals surface area contributed by atoms with Crippen LogP contribution in [0.3, 0.4) is 0 Å². The quantitative estimate of drug-likeness (QED) is 0.491. The molecule has 2 N–H and O–H groups in total. The number of hydrogen-bond acceptors (Lipinski definition) is 4. The van der Waals surface area contributed by atoms with Gasteiger partial charge in [0.1, 0.15) is 4.62 Å². The number of nitrogens with two attached hydrogens (primary N) is 1. The minimum atomic E-state index is -0.542. The molecule has 0 spiro atoms. The van der Waals surface area contributed by atoms with Gasteiger partial charge in [0.2, 0.25) is 0 Å². The molecule has 0 aliphatic carbocycles. The molecular weight excluding hydrogens is 272 g/mol. The second-order valence-corrected chi connectivity index (χ2v) is 4.11. The molecule has 0 saturated heterocycles. The van der Waals surface area contributed by atoms with Crippen molar-refractivity contribution < 1.29 is 9.53 Å². The van der Waals surface area contributed by atoms with Crippen LogP contribution in [0.4, 0.5) is 0 Å². The number of allylic oxidation sites excluding steroid dienone is 3. The average molecular weight is 289 g/mol. The second-order valence-electron chi connectivity index (χ2n) is 3.30. The first kappa shape index (κ1) is 14.9. The minimum Gasteiger partial charge on any atom is -0.464 e. The van der Waals surface area contributed by atoms with Gasteiger partial charge in [0.25, 0.3) is 0 Å². The summed E-state index contributed by atoms with van der Waals surface area (Å²) >= 11 is 3.26. The summed E-state index contributed by atoms with van der Waals surface area (Å²) in [7, 11) is 1.29. The Labute approximate surface area is 104 Å². The highest BCUT2D eigenvalue weighted by atomic mass is 79.9. The van der Waals surface area contributed by atoms with E-state index in [0.717, 1.165) is 12.0 Å². The zero-order valence-corrected chi connectivity index (χ0v) is 11.6. The Bertz CT molecular complexity index is 353. The lowest BCUT2D eigenvalue weighted by atomic mass is 10.2. The van der Waals surface area contributed by atoms with Crippen molar-refractivity contribution in [2.24, 2.45) is 10.7 Å². The van der Waals surface area contributed by atoms with Crippen molar-refractivity contribution in [3.05, 3.63) is 23.0 Å². The number of methoxy groups -OCH3 is 1. The third-order valence-electron chi connectivity index (χ3n) is 1.89. The van der Waals surface area contributed by atoms with Crippen LogP contribution in [0.25, 0.3) is 0 Å². The van der Waals surface area contributed by atoms with Crippen molar-refractivity contribution >= 4 is 26.5 Å². The molecular formula is C11H17BrN2O2. The maximum Gasteiger partial charge on any atom is 0.358 e. The SMILES string of the molecule is CCC(C)=CC(Br)=N/C(C(=O)OC)=C(\C)N. The number of carbonyl (C=O) groups is 1. The molecule has 0 heterocycles. The number of halogens is 1. The molecule has 0 fully saturated rings. The highest BCUT2D eigenvalue weighted by Gasteiger charge is 2.11. The molecule has 0 aromatic rings. The van der Waals surface area contributed by atoms with Crippen LogP contribution in [0.2, 0.25) is 0 Å². The largest absolute Gasteiger partial charge is 0.464 e. The molecule has 0 aromatic carbocycles. The van der Waals surface area contributed by atoms with Gasteiger partial charge in [0.05, 0.1) is 7.11 Å². The van der Waals surface area contributed by atoms with Gasteiger partial charge >= 0.3 is 5.97 Å². The maximum absolute atomic E-state index is 11.3. The molecule has 0 atom stereocenters. The molecule has 0 aliphatic heterocycles. The number of rotatable bonds is 4. The summed E-state index contributed by atoms with van der Waals surface area (Å²) in [5.41, 5.74) is 7.15. The summed E-state index contributed by atoms with van der Waals surface area (Å²) in [4.78, 5) is 15.4. The van der Waals surface area contributed by atoms with Gasteiger partial charge in [0, 0.05) is 5.70 Å². The first-order chi connectivity index (χ1) is 7.42. The van der Waals surface area contributed by atoms with E-state index in [-0.39, 0.29) is 5.70 Å². The monoisotopic (exact) mass is 288 g/mol.